The highest BCUT2D eigenvalue weighted by molar-refractivity contribution is 7.92. The van der Waals surface area contributed by atoms with Gasteiger partial charge in [-0.1, -0.05) is 79.8 Å². The number of hydrogen-bond donors (Lipinski definition) is 1. The van der Waals surface area contributed by atoms with Crippen LogP contribution in [0.15, 0.2) is 71.6 Å². The Hall–Kier alpha value is -2.98. The molecule has 8 nitrogen and oxygen atoms in total. The SMILES string of the molecule is CCC(C(=O)NCC(C)C)N(Cc1ccc(Cl)cc1Cl)C(=O)CN(c1ccc(OC)c(Cl)c1)S(=O)(=O)c1ccccc1. The Kier molecular flexibility index (Phi) is 11.9. The molecule has 1 atom stereocenters. The van der Waals surface area contributed by atoms with Gasteiger partial charge in [-0.15, -0.1) is 0 Å². The number of hydrogen-bond acceptors (Lipinski definition) is 5. The predicted molar refractivity (Wildman–Crippen MR) is 168 cm³/mol. The van der Waals surface area contributed by atoms with Gasteiger partial charge in [0.25, 0.3) is 10.0 Å². The second-order valence-corrected chi connectivity index (χ2v) is 13.1. The molecule has 0 aliphatic carbocycles. The zero-order valence-electron chi connectivity index (χ0n) is 23.8. The van der Waals surface area contributed by atoms with E-state index in [1.165, 1.54) is 42.3 Å². The fraction of sp³-hybridized carbons (Fsp3) is 0.333. The Bertz CT molecular complexity index is 1500. The van der Waals surface area contributed by atoms with Crippen molar-refractivity contribution in [2.45, 2.75) is 44.7 Å². The van der Waals surface area contributed by atoms with E-state index in [1.807, 2.05) is 13.8 Å². The number of benzene rings is 3. The smallest absolute Gasteiger partial charge is 0.264 e. The Morgan fingerprint density at radius 1 is 0.952 bits per heavy atom. The van der Waals surface area contributed by atoms with Crippen LogP contribution in [0.2, 0.25) is 15.1 Å². The van der Waals surface area contributed by atoms with Crippen LogP contribution in [0.3, 0.4) is 0 Å². The molecule has 0 bridgehead atoms. The third-order valence-corrected chi connectivity index (χ3v) is 9.13. The molecule has 3 aromatic rings. The van der Waals surface area contributed by atoms with Crippen molar-refractivity contribution in [3.63, 3.8) is 0 Å². The Labute approximate surface area is 262 Å². The molecule has 0 saturated heterocycles. The molecular weight excluding hydrogens is 621 g/mol. The van der Waals surface area contributed by atoms with Crippen LogP contribution in [0.4, 0.5) is 5.69 Å². The van der Waals surface area contributed by atoms with Crippen molar-refractivity contribution in [1.82, 2.24) is 10.2 Å². The van der Waals surface area contributed by atoms with Gasteiger partial charge in [0.05, 0.1) is 22.7 Å². The third kappa shape index (κ3) is 8.31. The van der Waals surface area contributed by atoms with Gasteiger partial charge in [-0.25, -0.2) is 8.42 Å². The lowest BCUT2D eigenvalue weighted by Gasteiger charge is -2.33. The summed E-state index contributed by atoms with van der Waals surface area (Å²) in [6.07, 6.45) is 0.278. The summed E-state index contributed by atoms with van der Waals surface area (Å²) in [4.78, 5) is 28.8. The van der Waals surface area contributed by atoms with Crippen molar-refractivity contribution in [3.05, 3.63) is 87.4 Å². The molecule has 0 radical (unpaired) electrons. The fourth-order valence-corrected chi connectivity index (χ4v) is 6.38. The average Bonchev–Trinajstić information content (AvgIpc) is 2.96. The summed E-state index contributed by atoms with van der Waals surface area (Å²) in [6, 6.07) is 16.2. The maximum absolute atomic E-state index is 14.2. The van der Waals surface area contributed by atoms with Gasteiger partial charge < -0.3 is 15.0 Å². The fourth-order valence-electron chi connectivity index (χ4n) is 4.23. The third-order valence-electron chi connectivity index (χ3n) is 6.46. The zero-order chi connectivity index (χ0) is 31.0. The number of carbonyl (C=O) groups excluding carboxylic acids is 2. The van der Waals surface area contributed by atoms with E-state index in [9.17, 15) is 18.0 Å². The van der Waals surface area contributed by atoms with Crippen LogP contribution >= 0.6 is 34.8 Å². The second-order valence-electron chi connectivity index (χ2n) is 9.96. The molecule has 3 rings (SSSR count). The normalized spacial score (nSPS) is 12.1. The van der Waals surface area contributed by atoms with E-state index in [1.54, 1.807) is 43.3 Å². The zero-order valence-corrected chi connectivity index (χ0v) is 26.9. The van der Waals surface area contributed by atoms with Crippen LogP contribution in [0.5, 0.6) is 5.75 Å². The first-order chi connectivity index (χ1) is 19.9. The highest BCUT2D eigenvalue weighted by Crippen LogP contribution is 2.32. The summed E-state index contributed by atoms with van der Waals surface area (Å²) < 4.78 is 34.0. The van der Waals surface area contributed by atoms with E-state index in [4.69, 9.17) is 39.5 Å². The highest BCUT2D eigenvalue weighted by Gasteiger charge is 2.34. The van der Waals surface area contributed by atoms with Crippen molar-refractivity contribution >= 4 is 62.3 Å². The highest BCUT2D eigenvalue weighted by atomic mass is 35.5. The van der Waals surface area contributed by atoms with Gasteiger partial charge in [-0.3, -0.25) is 13.9 Å². The van der Waals surface area contributed by atoms with Crippen LogP contribution in [0.25, 0.3) is 0 Å². The Morgan fingerprint density at radius 2 is 1.64 bits per heavy atom. The minimum atomic E-state index is -4.24. The number of rotatable bonds is 13. The lowest BCUT2D eigenvalue weighted by molar-refractivity contribution is -0.140. The van der Waals surface area contributed by atoms with E-state index in [0.29, 0.717) is 27.9 Å². The van der Waals surface area contributed by atoms with E-state index >= 15 is 0 Å². The number of sulfonamides is 1. The van der Waals surface area contributed by atoms with Crippen LogP contribution in [0.1, 0.15) is 32.8 Å². The summed E-state index contributed by atoms with van der Waals surface area (Å²) in [5.74, 6) is -0.433. The topological polar surface area (TPSA) is 96.0 Å². The van der Waals surface area contributed by atoms with Crippen LogP contribution < -0.4 is 14.4 Å². The van der Waals surface area contributed by atoms with Crippen molar-refractivity contribution in [2.75, 3.05) is 24.5 Å². The first kappa shape index (κ1) is 33.5. The van der Waals surface area contributed by atoms with Gasteiger partial charge >= 0.3 is 0 Å². The molecule has 0 saturated carbocycles. The van der Waals surface area contributed by atoms with Crippen molar-refractivity contribution in [2.24, 2.45) is 5.92 Å². The van der Waals surface area contributed by atoms with E-state index in [2.05, 4.69) is 5.32 Å². The summed E-state index contributed by atoms with van der Waals surface area (Å²) in [5.41, 5.74) is 0.703. The first-order valence-electron chi connectivity index (χ1n) is 13.3. The molecule has 42 heavy (non-hydrogen) atoms. The number of anilines is 1. The van der Waals surface area contributed by atoms with Crippen LogP contribution in [0, 0.1) is 5.92 Å². The van der Waals surface area contributed by atoms with Gasteiger partial charge in [0.15, 0.2) is 0 Å². The van der Waals surface area contributed by atoms with Crippen molar-refractivity contribution in [1.29, 1.82) is 0 Å². The van der Waals surface area contributed by atoms with Gasteiger partial charge in [-0.2, -0.15) is 0 Å². The maximum atomic E-state index is 14.2. The summed E-state index contributed by atoms with van der Waals surface area (Å²) in [5, 5.41) is 3.79. The Morgan fingerprint density at radius 3 is 2.21 bits per heavy atom. The van der Waals surface area contributed by atoms with E-state index in [0.717, 1.165) is 4.31 Å². The summed E-state index contributed by atoms with van der Waals surface area (Å²) >= 11 is 18.9. The summed E-state index contributed by atoms with van der Waals surface area (Å²) in [7, 11) is -2.80. The quantitative estimate of drug-likeness (QED) is 0.229. The Balaban J connectivity index is 2.09. The standard InChI is InChI=1S/C30H34Cl3N3O5S/c1-5-27(30(38)34-17-20(2)3)35(18-21-11-12-22(31)15-25(21)32)29(37)19-36(23-13-14-28(41-4)26(33)16-23)42(39,40)24-9-7-6-8-10-24/h6-16,20,27H,5,17-19H2,1-4H3,(H,34,38). The molecule has 0 heterocycles. The molecule has 0 aromatic heterocycles. The molecule has 226 valence electrons. The van der Waals surface area contributed by atoms with Crippen molar-refractivity contribution < 1.29 is 22.7 Å². The molecule has 0 aliphatic heterocycles. The van der Waals surface area contributed by atoms with Crippen molar-refractivity contribution in [3.8, 4) is 5.75 Å². The molecular formula is C30H34Cl3N3O5S. The van der Waals surface area contributed by atoms with E-state index in [-0.39, 0.29) is 40.4 Å². The molecule has 2 amide bonds. The molecule has 0 spiro atoms. The van der Waals surface area contributed by atoms with Gasteiger partial charge in [0.2, 0.25) is 11.8 Å². The number of nitrogens with one attached hydrogen (secondary N) is 1. The molecule has 1 unspecified atom stereocenters. The van der Waals surface area contributed by atoms with E-state index < -0.39 is 28.5 Å². The minimum absolute atomic E-state index is 0.0150. The number of ether oxygens (including phenoxy) is 1. The largest absolute Gasteiger partial charge is 0.495 e. The predicted octanol–water partition coefficient (Wildman–Crippen LogP) is 6.43. The minimum Gasteiger partial charge on any atom is -0.495 e. The monoisotopic (exact) mass is 653 g/mol. The van der Waals surface area contributed by atoms with Gasteiger partial charge in [0.1, 0.15) is 18.3 Å². The molecule has 12 heteroatoms. The van der Waals surface area contributed by atoms with Gasteiger partial charge in [0, 0.05) is 23.1 Å². The lowest BCUT2D eigenvalue weighted by Crippen LogP contribution is -2.52. The first-order valence-corrected chi connectivity index (χ1v) is 15.9. The second kappa shape index (κ2) is 15.0. The number of nitrogens with zero attached hydrogens (tertiary/aromatic N) is 2. The lowest BCUT2D eigenvalue weighted by atomic mass is 10.1. The number of amides is 2. The van der Waals surface area contributed by atoms with Crippen LogP contribution in [-0.4, -0.2) is 51.4 Å². The average molecular weight is 655 g/mol. The molecule has 3 aromatic carbocycles. The molecule has 0 fully saturated rings. The van der Waals surface area contributed by atoms with Crippen LogP contribution in [-0.2, 0) is 26.2 Å². The van der Waals surface area contributed by atoms with Gasteiger partial charge in [-0.05, 0) is 60.4 Å². The number of methoxy groups -OCH3 is 1. The molecule has 1 N–H and O–H groups in total. The number of halogens is 3. The number of carbonyl (C=O) groups is 2. The summed E-state index contributed by atoms with van der Waals surface area (Å²) in [6.45, 7) is 5.46. The maximum Gasteiger partial charge on any atom is 0.264 e. The molecule has 0 aliphatic rings.